The summed E-state index contributed by atoms with van der Waals surface area (Å²) in [7, 11) is -0.575. The van der Waals surface area contributed by atoms with Crippen molar-refractivity contribution in [3.8, 4) is 11.8 Å². The van der Waals surface area contributed by atoms with Gasteiger partial charge in [-0.2, -0.15) is 0 Å². The van der Waals surface area contributed by atoms with Crippen LogP contribution in [0.5, 0.6) is 11.8 Å². The molecule has 0 saturated heterocycles. The summed E-state index contributed by atoms with van der Waals surface area (Å²) in [5.74, 6) is 0.385. The highest BCUT2D eigenvalue weighted by molar-refractivity contribution is 7.89. The fourth-order valence-electron chi connectivity index (χ4n) is 2.08. The van der Waals surface area contributed by atoms with Crippen LogP contribution in [0, 0.1) is 0 Å². The molecular formula is C12H16ClN3O4S. The lowest BCUT2D eigenvalue weighted by Gasteiger charge is -2.23. The number of sulfonamides is 1. The molecule has 2 rings (SSSR count). The molecule has 1 aliphatic carbocycles. The van der Waals surface area contributed by atoms with E-state index in [0.717, 1.165) is 6.26 Å². The van der Waals surface area contributed by atoms with Crippen LogP contribution in [0.1, 0.15) is 13.3 Å². The van der Waals surface area contributed by atoms with E-state index in [1.165, 1.54) is 14.2 Å². The molecule has 0 aromatic carbocycles. The molecule has 0 bridgehead atoms. The minimum atomic E-state index is -3.45. The molecule has 1 unspecified atom stereocenters. The summed E-state index contributed by atoms with van der Waals surface area (Å²) in [6, 6.07) is 0. The van der Waals surface area contributed by atoms with Crippen LogP contribution in [-0.4, -0.2) is 43.7 Å². The molecule has 1 N–H and O–H groups in total. The summed E-state index contributed by atoms with van der Waals surface area (Å²) >= 11 is 6.34. The molecule has 1 aromatic heterocycles. The minimum absolute atomic E-state index is 0.177. The van der Waals surface area contributed by atoms with E-state index in [1.807, 2.05) is 0 Å². The third-order valence-corrected chi connectivity index (χ3v) is 3.66. The second-order valence-electron chi connectivity index (χ2n) is 4.93. The molecule has 0 saturated carbocycles. The van der Waals surface area contributed by atoms with Gasteiger partial charge in [0.05, 0.1) is 36.4 Å². The lowest BCUT2D eigenvalue weighted by Crippen LogP contribution is -2.45. The topological polar surface area (TPSA) is 90.4 Å². The molecular weight excluding hydrogens is 318 g/mol. The number of nitrogens with zero attached hydrogens (tertiary/aromatic N) is 2. The van der Waals surface area contributed by atoms with Crippen molar-refractivity contribution in [3.63, 3.8) is 0 Å². The molecule has 9 heteroatoms. The number of hydrogen-bond acceptors (Lipinski definition) is 6. The average Bonchev–Trinajstić information content (AvgIpc) is 2.34. The van der Waals surface area contributed by atoms with Crippen molar-refractivity contribution in [1.82, 2.24) is 14.7 Å². The van der Waals surface area contributed by atoms with Crippen LogP contribution in [0.25, 0.3) is 11.8 Å². The van der Waals surface area contributed by atoms with Gasteiger partial charge in [0.25, 0.3) is 11.8 Å². The third kappa shape index (κ3) is 3.56. The maximum atomic E-state index is 11.5. The Morgan fingerprint density at radius 3 is 2.38 bits per heavy atom. The summed E-state index contributed by atoms with van der Waals surface area (Å²) in [6.07, 6.45) is 3.06. The molecule has 1 aliphatic rings. The Labute approximate surface area is 127 Å². The second-order valence-corrected chi connectivity index (χ2v) is 7.54. The number of rotatable bonds is 4. The number of alkyl halides is 1. The molecule has 116 valence electrons. The molecule has 0 amide bonds. The Morgan fingerprint density at radius 1 is 1.29 bits per heavy atom. The number of fused-ring (bicyclic) bond motifs is 1. The number of hydrogen-bond donors (Lipinski definition) is 1. The van der Waals surface area contributed by atoms with Gasteiger partial charge in [-0.3, -0.25) is 4.72 Å². The summed E-state index contributed by atoms with van der Waals surface area (Å²) in [5.41, 5.74) is 0.376. The zero-order chi connectivity index (χ0) is 15.8. The van der Waals surface area contributed by atoms with Gasteiger partial charge in [0.2, 0.25) is 10.0 Å². The van der Waals surface area contributed by atoms with E-state index in [9.17, 15) is 8.42 Å². The zero-order valence-electron chi connectivity index (χ0n) is 12.1. The molecule has 0 fully saturated rings. The first-order chi connectivity index (χ1) is 9.65. The highest BCUT2D eigenvalue weighted by atomic mass is 35.5. The number of nitrogens with one attached hydrogen (secondary N) is 1. The predicted molar refractivity (Wildman–Crippen MR) is 79.1 cm³/mol. The Kier molecular flexibility index (Phi) is 4.03. The monoisotopic (exact) mass is 333 g/mol. The maximum Gasteiger partial charge on any atom is 0.278 e. The molecule has 1 aromatic rings. The van der Waals surface area contributed by atoms with E-state index in [1.54, 1.807) is 13.0 Å². The van der Waals surface area contributed by atoms with Crippen LogP contribution in [0.15, 0.2) is 0 Å². The van der Waals surface area contributed by atoms with Crippen LogP contribution in [-0.2, 0) is 10.0 Å². The summed E-state index contributed by atoms with van der Waals surface area (Å²) in [6.45, 7) is 1.76. The van der Waals surface area contributed by atoms with Crippen LogP contribution in [0.4, 0.5) is 0 Å². The highest BCUT2D eigenvalue weighted by Crippen LogP contribution is 2.27. The van der Waals surface area contributed by atoms with Crippen molar-refractivity contribution >= 4 is 33.4 Å². The summed E-state index contributed by atoms with van der Waals surface area (Å²) in [5, 5.41) is 0.832. The van der Waals surface area contributed by atoms with Crippen molar-refractivity contribution in [2.24, 2.45) is 0 Å². The van der Waals surface area contributed by atoms with Gasteiger partial charge in [0.15, 0.2) is 0 Å². The van der Waals surface area contributed by atoms with Gasteiger partial charge in [0.1, 0.15) is 5.35 Å². The third-order valence-electron chi connectivity index (χ3n) is 2.80. The first kappa shape index (κ1) is 15.8. The van der Waals surface area contributed by atoms with E-state index in [2.05, 4.69) is 14.7 Å². The smallest absolute Gasteiger partial charge is 0.278 e. The molecule has 21 heavy (non-hydrogen) atoms. The normalized spacial score (nSPS) is 21.3. The van der Waals surface area contributed by atoms with Gasteiger partial charge in [-0.1, -0.05) is 0 Å². The predicted octanol–water partition coefficient (Wildman–Crippen LogP) is -0.667. The molecule has 0 spiro atoms. The molecule has 0 aliphatic heterocycles. The van der Waals surface area contributed by atoms with Crippen molar-refractivity contribution in [3.05, 3.63) is 10.7 Å². The Morgan fingerprint density at radius 2 is 1.86 bits per heavy atom. The van der Waals surface area contributed by atoms with Crippen LogP contribution < -0.4 is 24.9 Å². The zero-order valence-corrected chi connectivity index (χ0v) is 13.7. The number of aromatic nitrogens is 2. The minimum Gasteiger partial charge on any atom is -0.477 e. The lowest BCUT2D eigenvalue weighted by atomic mass is 10.00. The molecule has 0 radical (unpaired) electrons. The Balaban J connectivity index is 2.79. The van der Waals surface area contributed by atoms with Crippen molar-refractivity contribution in [2.45, 2.75) is 18.2 Å². The van der Waals surface area contributed by atoms with E-state index < -0.39 is 14.9 Å². The van der Waals surface area contributed by atoms with Crippen LogP contribution in [0.2, 0.25) is 0 Å². The van der Waals surface area contributed by atoms with Crippen LogP contribution in [0.3, 0.4) is 0 Å². The van der Waals surface area contributed by atoms with Crippen LogP contribution >= 0.6 is 11.6 Å². The van der Waals surface area contributed by atoms with Gasteiger partial charge in [0, 0.05) is 6.42 Å². The fraction of sp³-hybridized carbons (Fsp3) is 0.500. The Hall–Kier alpha value is -1.54. The Bertz CT molecular complexity index is 789. The quantitative estimate of drug-likeness (QED) is 0.735. The summed E-state index contributed by atoms with van der Waals surface area (Å²) < 4.78 is 35.7. The molecule has 1 heterocycles. The fourth-order valence-corrected chi connectivity index (χ4v) is 2.93. The summed E-state index contributed by atoms with van der Waals surface area (Å²) in [4.78, 5) is 7.77. The van der Waals surface area contributed by atoms with Gasteiger partial charge in [-0.25, -0.2) is 18.4 Å². The highest BCUT2D eigenvalue weighted by Gasteiger charge is 2.27. The molecule has 7 nitrogen and oxygen atoms in total. The number of halogens is 1. The first-order valence-corrected chi connectivity index (χ1v) is 8.31. The van der Waals surface area contributed by atoms with Gasteiger partial charge in [-0.05, 0) is 13.0 Å². The SMILES string of the molecule is COc1nc2c(nc1OC)=C(NS(C)(=O)=O)CC(C)(Cl)C=2. The standard InChI is InChI=1S/C12H16ClN3O4S/c1-12(13)5-7-9(8(6-12)16-21(4,17)18)15-11(20-3)10(14-7)19-2/h5,16H,6H2,1-4H3. The van der Waals surface area contributed by atoms with Crippen molar-refractivity contribution < 1.29 is 17.9 Å². The van der Waals surface area contributed by atoms with E-state index in [4.69, 9.17) is 21.1 Å². The van der Waals surface area contributed by atoms with Gasteiger partial charge in [-0.15, -0.1) is 11.6 Å². The first-order valence-electron chi connectivity index (χ1n) is 6.04. The van der Waals surface area contributed by atoms with Gasteiger partial charge >= 0.3 is 0 Å². The second kappa shape index (κ2) is 5.34. The van der Waals surface area contributed by atoms with Crippen molar-refractivity contribution in [1.29, 1.82) is 0 Å². The van der Waals surface area contributed by atoms with E-state index >= 15 is 0 Å². The van der Waals surface area contributed by atoms with Crippen molar-refractivity contribution in [2.75, 3.05) is 20.5 Å². The molecule has 1 atom stereocenters. The van der Waals surface area contributed by atoms with E-state index in [0.29, 0.717) is 16.4 Å². The lowest BCUT2D eigenvalue weighted by molar-refractivity contribution is 0.329. The number of ether oxygens (including phenoxy) is 2. The maximum absolute atomic E-state index is 11.5. The largest absolute Gasteiger partial charge is 0.477 e. The number of methoxy groups -OCH3 is 2. The van der Waals surface area contributed by atoms with E-state index in [-0.39, 0.29) is 18.2 Å². The van der Waals surface area contributed by atoms with Gasteiger partial charge < -0.3 is 9.47 Å². The average molecular weight is 334 g/mol.